The molecule has 1 aliphatic heterocycles. The molecule has 1 aliphatic rings. The molecule has 0 saturated carbocycles. The number of carbonyl (C=O) groups excluding carboxylic acids is 1. The summed E-state index contributed by atoms with van der Waals surface area (Å²) >= 11 is 1.39. The number of nitrogens with two attached hydrogens (primary N) is 1. The Bertz CT molecular complexity index is 968. The van der Waals surface area contributed by atoms with Crippen LogP contribution >= 0.6 is 11.3 Å². The minimum atomic E-state index is -0.195. The van der Waals surface area contributed by atoms with Crippen LogP contribution in [0.1, 0.15) is 33.8 Å². The second kappa shape index (κ2) is 6.11. The molecule has 1 amide bonds. The number of anilines is 1. The molecule has 0 bridgehead atoms. The van der Waals surface area contributed by atoms with E-state index in [9.17, 15) is 9.18 Å². The van der Waals surface area contributed by atoms with Crippen molar-refractivity contribution in [3.8, 4) is 0 Å². The fourth-order valence-electron chi connectivity index (χ4n) is 3.52. The Morgan fingerprint density at radius 2 is 2.16 bits per heavy atom. The van der Waals surface area contributed by atoms with Crippen LogP contribution in [-0.4, -0.2) is 28.9 Å². The lowest BCUT2D eigenvalue weighted by molar-refractivity contribution is 0.0790. The molecule has 25 heavy (non-hydrogen) atoms. The Labute approximate surface area is 149 Å². The number of likely N-dealkylation sites (tertiary alicyclic amines) is 1. The molecular formula is C19H18FN3OS. The summed E-state index contributed by atoms with van der Waals surface area (Å²) in [4.78, 5) is 19.0. The van der Waals surface area contributed by atoms with E-state index in [-0.39, 0.29) is 17.6 Å². The maximum absolute atomic E-state index is 14.0. The SMILES string of the molecule is Cc1cc(C(=O)N2CC[C@H](c3ccccc3F)C2)cc2sc(N)nc12. The van der Waals surface area contributed by atoms with Crippen LogP contribution in [0.15, 0.2) is 36.4 Å². The van der Waals surface area contributed by atoms with Gasteiger partial charge in [-0.15, -0.1) is 0 Å². The highest BCUT2D eigenvalue weighted by molar-refractivity contribution is 7.22. The largest absolute Gasteiger partial charge is 0.375 e. The molecule has 0 unspecified atom stereocenters. The van der Waals surface area contributed by atoms with Gasteiger partial charge in [-0.3, -0.25) is 4.79 Å². The molecule has 1 atom stereocenters. The zero-order chi connectivity index (χ0) is 17.6. The molecule has 0 spiro atoms. The molecule has 4 rings (SSSR count). The predicted molar refractivity (Wildman–Crippen MR) is 98.4 cm³/mol. The first-order valence-electron chi connectivity index (χ1n) is 8.23. The predicted octanol–water partition coefficient (Wildman–Crippen LogP) is 3.96. The molecule has 6 heteroatoms. The number of halogens is 1. The number of rotatable bonds is 2. The zero-order valence-electron chi connectivity index (χ0n) is 13.8. The molecule has 0 aliphatic carbocycles. The third-order valence-corrected chi connectivity index (χ3v) is 5.60. The highest BCUT2D eigenvalue weighted by atomic mass is 32.1. The summed E-state index contributed by atoms with van der Waals surface area (Å²) in [6.45, 7) is 3.12. The second-order valence-corrected chi connectivity index (χ2v) is 7.51. The normalized spacial score (nSPS) is 17.4. The van der Waals surface area contributed by atoms with Gasteiger partial charge in [0.1, 0.15) is 5.82 Å². The molecule has 2 aromatic carbocycles. The van der Waals surface area contributed by atoms with Crippen molar-refractivity contribution in [1.29, 1.82) is 0 Å². The summed E-state index contributed by atoms with van der Waals surface area (Å²) in [5, 5.41) is 0.503. The van der Waals surface area contributed by atoms with Gasteiger partial charge in [-0.05, 0) is 42.7 Å². The second-order valence-electron chi connectivity index (χ2n) is 6.45. The Morgan fingerprint density at radius 3 is 2.96 bits per heavy atom. The minimum Gasteiger partial charge on any atom is -0.375 e. The van der Waals surface area contributed by atoms with Crippen LogP contribution in [0.25, 0.3) is 10.2 Å². The van der Waals surface area contributed by atoms with E-state index in [1.807, 2.05) is 36.1 Å². The third kappa shape index (κ3) is 2.87. The molecule has 3 aromatic rings. The van der Waals surface area contributed by atoms with E-state index >= 15 is 0 Å². The Morgan fingerprint density at radius 1 is 1.36 bits per heavy atom. The van der Waals surface area contributed by atoms with Crippen molar-refractivity contribution < 1.29 is 9.18 Å². The number of hydrogen-bond acceptors (Lipinski definition) is 4. The van der Waals surface area contributed by atoms with E-state index in [4.69, 9.17) is 5.73 Å². The number of amides is 1. The lowest BCUT2D eigenvalue weighted by Gasteiger charge is -2.17. The third-order valence-electron chi connectivity index (χ3n) is 4.77. The van der Waals surface area contributed by atoms with Gasteiger partial charge < -0.3 is 10.6 Å². The zero-order valence-corrected chi connectivity index (χ0v) is 14.6. The number of aromatic nitrogens is 1. The van der Waals surface area contributed by atoms with E-state index in [1.54, 1.807) is 6.07 Å². The highest BCUT2D eigenvalue weighted by Gasteiger charge is 2.29. The van der Waals surface area contributed by atoms with Crippen molar-refractivity contribution in [3.05, 3.63) is 58.9 Å². The molecule has 1 aromatic heterocycles. The number of hydrogen-bond donors (Lipinski definition) is 1. The van der Waals surface area contributed by atoms with Crippen molar-refractivity contribution in [2.45, 2.75) is 19.3 Å². The molecule has 0 radical (unpaired) electrons. The average Bonchev–Trinajstić information content (AvgIpc) is 3.21. The number of nitrogens with zero attached hydrogens (tertiary/aromatic N) is 2. The van der Waals surface area contributed by atoms with E-state index in [1.165, 1.54) is 17.4 Å². The quantitative estimate of drug-likeness (QED) is 0.757. The van der Waals surface area contributed by atoms with E-state index in [0.717, 1.165) is 22.2 Å². The lowest BCUT2D eigenvalue weighted by atomic mass is 9.98. The van der Waals surface area contributed by atoms with E-state index < -0.39 is 0 Å². The molecule has 128 valence electrons. The van der Waals surface area contributed by atoms with Gasteiger partial charge >= 0.3 is 0 Å². The van der Waals surface area contributed by atoms with Crippen molar-refractivity contribution >= 4 is 32.6 Å². The molecule has 1 fully saturated rings. The fraction of sp³-hybridized carbons (Fsp3) is 0.263. The monoisotopic (exact) mass is 355 g/mol. The van der Waals surface area contributed by atoms with E-state index in [2.05, 4.69) is 4.98 Å². The highest BCUT2D eigenvalue weighted by Crippen LogP contribution is 2.32. The minimum absolute atomic E-state index is 0.0178. The van der Waals surface area contributed by atoms with Gasteiger partial charge in [-0.1, -0.05) is 29.5 Å². The molecular weight excluding hydrogens is 337 g/mol. The average molecular weight is 355 g/mol. The van der Waals surface area contributed by atoms with Gasteiger partial charge in [0.15, 0.2) is 5.13 Å². The van der Waals surface area contributed by atoms with Gasteiger partial charge in [-0.25, -0.2) is 9.37 Å². The van der Waals surface area contributed by atoms with Crippen LogP contribution in [0.4, 0.5) is 9.52 Å². The first kappa shape index (κ1) is 16.0. The summed E-state index contributed by atoms with van der Waals surface area (Å²) in [6, 6.07) is 10.5. The molecule has 2 N–H and O–H groups in total. The van der Waals surface area contributed by atoms with Gasteiger partial charge in [0, 0.05) is 24.6 Å². The number of carbonyl (C=O) groups is 1. The summed E-state index contributed by atoms with van der Waals surface area (Å²) in [5.41, 5.74) is 8.91. The number of thiazole rings is 1. The van der Waals surface area contributed by atoms with Crippen LogP contribution in [0.3, 0.4) is 0 Å². The number of fused-ring (bicyclic) bond motifs is 1. The maximum atomic E-state index is 14.0. The van der Waals surface area contributed by atoms with E-state index in [0.29, 0.717) is 29.3 Å². The summed E-state index contributed by atoms with van der Waals surface area (Å²) in [5.74, 6) is -0.163. The molecule has 4 nitrogen and oxygen atoms in total. The van der Waals surface area contributed by atoms with Gasteiger partial charge in [-0.2, -0.15) is 0 Å². The number of nitrogen functional groups attached to an aromatic ring is 1. The van der Waals surface area contributed by atoms with Crippen LogP contribution in [0, 0.1) is 12.7 Å². The fourth-order valence-corrected chi connectivity index (χ4v) is 4.38. The Balaban J connectivity index is 1.59. The van der Waals surface area contributed by atoms with Crippen molar-refractivity contribution in [2.24, 2.45) is 0 Å². The van der Waals surface area contributed by atoms with Gasteiger partial charge in [0.25, 0.3) is 5.91 Å². The lowest BCUT2D eigenvalue weighted by Crippen LogP contribution is -2.28. The Hall–Kier alpha value is -2.47. The summed E-state index contributed by atoms with van der Waals surface area (Å²) in [7, 11) is 0. The Kier molecular flexibility index (Phi) is 3.92. The van der Waals surface area contributed by atoms with Gasteiger partial charge in [0.05, 0.1) is 10.2 Å². The van der Waals surface area contributed by atoms with Crippen LogP contribution in [-0.2, 0) is 0 Å². The van der Waals surface area contributed by atoms with Gasteiger partial charge in [0.2, 0.25) is 0 Å². The standard InChI is InChI=1S/C19H18FN3OS/c1-11-8-13(9-16-17(11)22-19(21)25-16)18(24)23-7-6-12(10-23)14-4-2-3-5-15(14)20/h2-5,8-9,12H,6-7,10H2,1H3,(H2,21,22)/t12-/m0/s1. The molecule has 2 heterocycles. The number of aryl methyl sites for hydroxylation is 1. The van der Waals surface area contributed by atoms with Crippen molar-refractivity contribution in [1.82, 2.24) is 9.88 Å². The topological polar surface area (TPSA) is 59.2 Å². The first-order valence-corrected chi connectivity index (χ1v) is 9.05. The summed E-state index contributed by atoms with van der Waals surface area (Å²) < 4.78 is 14.9. The maximum Gasteiger partial charge on any atom is 0.253 e. The van der Waals surface area contributed by atoms with Crippen molar-refractivity contribution in [3.63, 3.8) is 0 Å². The number of benzene rings is 2. The van der Waals surface area contributed by atoms with Crippen LogP contribution in [0.5, 0.6) is 0 Å². The van der Waals surface area contributed by atoms with Crippen LogP contribution in [0.2, 0.25) is 0 Å². The first-order chi connectivity index (χ1) is 12.0. The smallest absolute Gasteiger partial charge is 0.253 e. The van der Waals surface area contributed by atoms with Crippen molar-refractivity contribution in [2.75, 3.05) is 18.8 Å². The summed E-state index contributed by atoms with van der Waals surface area (Å²) in [6.07, 6.45) is 0.779. The molecule has 1 saturated heterocycles. The van der Waals surface area contributed by atoms with Crippen LogP contribution < -0.4 is 5.73 Å².